The lowest BCUT2D eigenvalue weighted by Gasteiger charge is -2.36. The van der Waals surface area contributed by atoms with E-state index in [1.54, 1.807) is 6.20 Å². The molecule has 2 aliphatic heterocycles. The number of likely N-dealkylation sites (tertiary alicyclic amines) is 1. The number of piperidine rings is 1. The van der Waals surface area contributed by atoms with Gasteiger partial charge in [0.05, 0.1) is 35.0 Å². The third kappa shape index (κ3) is 4.11. The zero-order chi connectivity index (χ0) is 25.9. The predicted octanol–water partition coefficient (Wildman–Crippen LogP) is 4.02. The van der Waals surface area contributed by atoms with Gasteiger partial charge in [0.25, 0.3) is 0 Å². The number of hydrogen-bond donors (Lipinski definition) is 2. The smallest absolute Gasteiger partial charge is 0.322 e. The van der Waals surface area contributed by atoms with E-state index in [1.807, 2.05) is 21.8 Å². The van der Waals surface area contributed by atoms with Crippen molar-refractivity contribution in [1.82, 2.24) is 34.8 Å². The van der Waals surface area contributed by atoms with Crippen LogP contribution in [0, 0.1) is 0 Å². The molecule has 1 spiro atoms. The Kier molecular flexibility index (Phi) is 5.61. The molecule has 2 saturated carbocycles. The van der Waals surface area contributed by atoms with Crippen LogP contribution in [0.1, 0.15) is 51.4 Å². The molecule has 2 amide bonds. The second kappa shape index (κ2) is 8.93. The summed E-state index contributed by atoms with van der Waals surface area (Å²) in [6.45, 7) is 4.71. The summed E-state index contributed by atoms with van der Waals surface area (Å²) in [5.74, 6) is 0.869. The Morgan fingerprint density at radius 2 is 1.87 bits per heavy atom. The van der Waals surface area contributed by atoms with E-state index in [0.29, 0.717) is 29.9 Å². The fraction of sp³-hybridized carbons (Fsp3) is 0.630. The van der Waals surface area contributed by atoms with Crippen LogP contribution in [0.25, 0.3) is 22.3 Å². The van der Waals surface area contributed by atoms with Crippen molar-refractivity contribution in [3.63, 3.8) is 0 Å². The van der Waals surface area contributed by atoms with Gasteiger partial charge in [0, 0.05) is 44.5 Å². The first-order valence-corrected chi connectivity index (χ1v) is 14.0. The van der Waals surface area contributed by atoms with Gasteiger partial charge in [-0.2, -0.15) is 10.2 Å². The number of carbonyl (C=O) groups is 1. The number of pyridine rings is 1. The third-order valence-corrected chi connectivity index (χ3v) is 9.16. The molecule has 2 aliphatic carbocycles. The van der Waals surface area contributed by atoms with Crippen LogP contribution in [0.3, 0.4) is 0 Å². The van der Waals surface area contributed by atoms with Gasteiger partial charge in [-0.25, -0.2) is 9.18 Å². The van der Waals surface area contributed by atoms with Crippen molar-refractivity contribution in [3.8, 4) is 11.4 Å². The van der Waals surface area contributed by atoms with Gasteiger partial charge >= 0.3 is 6.03 Å². The summed E-state index contributed by atoms with van der Waals surface area (Å²) in [5.41, 5.74) is 1.61. The highest BCUT2D eigenvalue weighted by atomic mass is 19.1. The summed E-state index contributed by atoms with van der Waals surface area (Å²) in [6.07, 6.45) is 11.0. The van der Waals surface area contributed by atoms with E-state index in [0.717, 1.165) is 81.5 Å². The maximum Gasteiger partial charge on any atom is 0.322 e. The summed E-state index contributed by atoms with van der Waals surface area (Å²) in [7, 11) is 2.13. The number of aromatic amines is 1. The SMILES string of the molecule is CN1CCN(c2nn(CC3(F)CCC3)c3cc(-c4[nH]ncc4NC(=O)N4CCCCC45CC5)ncc23)CC1. The quantitative estimate of drug-likeness (QED) is 0.527. The summed E-state index contributed by atoms with van der Waals surface area (Å²) in [5, 5.41) is 16.2. The number of H-pyrrole nitrogens is 1. The molecule has 4 fully saturated rings. The van der Waals surface area contributed by atoms with E-state index in [4.69, 9.17) is 10.1 Å². The molecule has 0 atom stereocenters. The molecule has 2 N–H and O–H groups in total. The summed E-state index contributed by atoms with van der Waals surface area (Å²) < 4.78 is 17.1. The maximum absolute atomic E-state index is 15.3. The van der Waals surface area contributed by atoms with Gasteiger partial charge in [-0.05, 0) is 64.5 Å². The Hall–Kier alpha value is -3.21. The number of nitrogens with one attached hydrogen (secondary N) is 2. The van der Waals surface area contributed by atoms with Crippen LogP contribution < -0.4 is 10.2 Å². The molecule has 3 aromatic heterocycles. The van der Waals surface area contributed by atoms with Crippen LogP contribution in [0.15, 0.2) is 18.5 Å². The second-order valence-electron chi connectivity index (χ2n) is 11.8. The van der Waals surface area contributed by atoms with Crippen molar-refractivity contribution < 1.29 is 9.18 Å². The van der Waals surface area contributed by atoms with Crippen molar-refractivity contribution in [1.29, 1.82) is 0 Å². The van der Waals surface area contributed by atoms with Crippen LogP contribution in [0.5, 0.6) is 0 Å². The molecule has 7 rings (SSSR count). The van der Waals surface area contributed by atoms with E-state index in [1.165, 1.54) is 6.42 Å². The lowest BCUT2D eigenvalue weighted by molar-refractivity contribution is 0.0419. The molecule has 5 heterocycles. The average Bonchev–Trinajstić information content (AvgIpc) is 3.35. The van der Waals surface area contributed by atoms with Crippen molar-refractivity contribution in [2.75, 3.05) is 50.0 Å². The lowest BCUT2D eigenvalue weighted by Crippen LogP contribution is -2.47. The molecule has 11 heteroatoms. The Morgan fingerprint density at radius 3 is 2.61 bits per heavy atom. The Bertz CT molecular complexity index is 1350. The molecule has 10 nitrogen and oxygen atoms in total. The molecule has 0 radical (unpaired) electrons. The highest BCUT2D eigenvalue weighted by Gasteiger charge is 2.51. The van der Waals surface area contributed by atoms with Gasteiger partial charge in [-0.3, -0.25) is 14.8 Å². The Labute approximate surface area is 221 Å². The minimum Gasteiger partial charge on any atom is -0.352 e. The number of rotatable bonds is 5. The molecule has 0 aromatic carbocycles. The van der Waals surface area contributed by atoms with E-state index in [-0.39, 0.29) is 18.1 Å². The first-order chi connectivity index (χ1) is 18.4. The Balaban J connectivity index is 1.21. The van der Waals surface area contributed by atoms with Gasteiger partial charge in [0.2, 0.25) is 0 Å². The van der Waals surface area contributed by atoms with E-state index >= 15 is 4.39 Å². The van der Waals surface area contributed by atoms with Gasteiger partial charge in [0.1, 0.15) is 11.4 Å². The molecule has 4 aliphatic rings. The first kappa shape index (κ1) is 23.9. The van der Waals surface area contributed by atoms with Crippen LogP contribution in [0.4, 0.5) is 20.7 Å². The zero-order valence-electron chi connectivity index (χ0n) is 22.0. The number of anilines is 2. The third-order valence-electron chi connectivity index (χ3n) is 9.16. The number of aromatic nitrogens is 5. The number of halogens is 1. The predicted molar refractivity (Wildman–Crippen MR) is 144 cm³/mol. The van der Waals surface area contributed by atoms with Gasteiger partial charge in [-0.1, -0.05) is 0 Å². The number of fused-ring (bicyclic) bond motifs is 1. The maximum atomic E-state index is 15.3. The molecule has 38 heavy (non-hydrogen) atoms. The average molecular weight is 522 g/mol. The zero-order valence-corrected chi connectivity index (χ0v) is 22.0. The van der Waals surface area contributed by atoms with Crippen molar-refractivity contribution >= 4 is 28.4 Å². The fourth-order valence-corrected chi connectivity index (χ4v) is 6.38. The van der Waals surface area contributed by atoms with Gasteiger partial charge in [-0.15, -0.1) is 0 Å². The molecule has 202 valence electrons. The minimum atomic E-state index is -1.21. The van der Waals surface area contributed by atoms with Crippen LogP contribution >= 0.6 is 0 Å². The lowest BCUT2D eigenvalue weighted by atomic mass is 9.82. The van der Waals surface area contributed by atoms with Crippen molar-refractivity contribution in [2.45, 2.75) is 69.1 Å². The van der Waals surface area contributed by atoms with E-state index in [9.17, 15) is 4.79 Å². The summed E-state index contributed by atoms with van der Waals surface area (Å²) in [6, 6.07) is 1.88. The van der Waals surface area contributed by atoms with Gasteiger partial charge < -0.3 is 20.0 Å². The Morgan fingerprint density at radius 1 is 1.05 bits per heavy atom. The van der Waals surface area contributed by atoms with Crippen LogP contribution in [0.2, 0.25) is 0 Å². The number of piperazine rings is 1. The number of amides is 2. The molecule has 0 unspecified atom stereocenters. The molecular weight excluding hydrogens is 485 g/mol. The largest absolute Gasteiger partial charge is 0.352 e. The standard InChI is InChI=1S/C27H36FN9O/c1-34-11-13-35(14-12-34)24-19-16-29-20(15-22(19)37(33-24)18-26(28)5-4-6-26)23-21(17-30-32-23)31-25(38)36-10-3-2-7-27(36)8-9-27/h15-17H,2-14,18H2,1H3,(H,30,32)(H,31,38). The molecule has 0 bridgehead atoms. The second-order valence-corrected chi connectivity index (χ2v) is 11.8. The number of carbonyl (C=O) groups excluding carboxylic acids is 1. The monoisotopic (exact) mass is 521 g/mol. The normalized spacial score (nSPS) is 22.6. The topological polar surface area (TPSA) is 98.2 Å². The fourth-order valence-electron chi connectivity index (χ4n) is 6.38. The van der Waals surface area contributed by atoms with Crippen molar-refractivity contribution in [3.05, 3.63) is 18.5 Å². The number of urea groups is 1. The molecule has 2 saturated heterocycles. The minimum absolute atomic E-state index is 0.0550. The highest BCUT2D eigenvalue weighted by molar-refractivity contribution is 5.96. The van der Waals surface area contributed by atoms with Crippen LogP contribution in [-0.4, -0.2) is 91.8 Å². The molecular formula is C27H36FN9O. The molecule has 3 aromatic rings. The van der Waals surface area contributed by atoms with E-state index in [2.05, 4.69) is 32.4 Å². The highest BCUT2D eigenvalue weighted by Crippen LogP contribution is 2.48. The number of likely N-dealkylation sites (N-methyl/N-ethyl adjacent to an activating group) is 1. The number of hydrogen-bond acceptors (Lipinski definition) is 6. The first-order valence-electron chi connectivity index (χ1n) is 14.0. The summed E-state index contributed by atoms with van der Waals surface area (Å²) >= 11 is 0. The number of nitrogens with zero attached hydrogens (tertiary/aromatic N) is 7. The van der Waals surface area contributed by atoms with Crippen molar-refractivity contribution in [2.24, 2.45) is 0 Å². The van der Waals surface area contributed by atoms with Gasteiger partial charge in [0.15, 0.2) is 5.82 Å². The van der Waals surface area contributed by atoms with Crippen LogP contribution in [-0.2, 0) is 6.54 Å². The van der Waals surface area contributed by atoms with E-state index < -0.39 is 5.67 Å². The summed E-state index contributed by atoms with van der Waals surface area (Å²) in [4.78, 5) is 24.6. The number of alkyl halides is 1.